The molecule has 3 heterocycles. The maximum Gasteiger partial charge on any atom is 0.157 e. The third kappa shape index (κ3) is 2.95. The van der Waals surface area contributed by atoms with E-state index in [4.69, 9.17) is 21.1 Å². The Labute approximate surface area is 122 Å². The summed E-state index contributed by atoms with van der Waals surface area (Å²) in [6.45, 7) is 3.35. The van der Waals surface area contributed by atoms with Gasteiger partial charge in [0.05, 0.1) is 12.0 Å². The Morgan fingerprint density at radius 1 is 1.50 bits per heavy atom. The summed E-state index contributed by atoms with van der Waals surface area (Å²) in [5.74, 6) is 0.770. The van der Waals surface area contributed by atoms with Crippen molar-refractivity contribution in [3.63, 3.8) is 0 Å². The molecule has 5 nitrogen and oxygen atoms in total. The molecule has 0 amide bonds. The zero-order valence-electron chi connectivity index (χ0n) is 11.4. The highest BCUT2D eigenvalue weighted by Gasteiger charge is 2.18. The van der Waals surface area contributed by atoms with Crippen LogP contribution in [0.5, 0.6) is 0 Å². The van der Waals surface area contributed by atoms with Gasteiger partial charge in [-0.1, -0.05) is 18.5 Å². The standard InChI is InChI=1S/C14H18ClN3O2/c1-9(8-20-11-4-2-3-7-19-11)13-17-12(15)10-5-6-16-14(10)18-13/h5-6,9,11H,2-4,7-8H2,1H3,(H,16,17,18)/t9-,11?/m0/s1. The van der Waals surface area contributed by atoms with Crippen molar-refractivity contribution >= 4 is 22.6 Å². The van der Waals surface area contributed by atoms with E-state index in [-0.39, 0.29) is 12.2 Å². The second-order valence-corrected chi connectivity index (χ2v) is 5.50. The molecule has 1 N–H and O–H groups in total. The molecule has 1 aliphatic heterocycles. The van der Waals surface area contributed by atoms with Gasteiger partial charge in [-0.2, -0.15) is 0 Å². The van der Waals surface area contributed by atoms with Crippen molar-refractivity contribution in [1.82, 2.24) is 15.0 Å². The zero-order valence-corrected chi connectivity index (χ0v) is 12.2. The number of ether oxygens (including phenoxy) is 2. The van der Waals surface area contributed by atoms with Gasteiger partial charge in [0.15, 0.2) is 6.29 Å². The largest absolute Gasteiger partial charge is 0.353 e. The third-order valence-corrected chi connectivity index (χ3v) is 3.79. The number of aromatic nitrogens is 3. The van der Waals surface area contributed by atoms with E-state index in [9.17, 15) is 0 Å². The summed E-state index contributed by atoms with van der Waals surface area (Å²) >= 11 is 6.16. The molecule has 2 aromatic heterocycles. The van der Waals surface area contributed by atoms with Crippen LogP contribution in [-0.2, 0) is 9.47 Å². The molecule has 1 aliphatic rings. The Balaban J connectivity index is 1.66. The van der Waals surface area contributed by atoms with Gasteiger partial charge in [-0.25, -0.2) is 9.97 Å². The van der Waals surface area contributed by atoms with E-state index in [1.807, 2.05) is 19.2 Å². The molecule has 2 aromatic rings. The molecule has 0 radical (unpaired) electrons. The van der Waals surface area contributed by atoms with E-state index in [2.05, 4.69) is 15.0 Å². The molecular formula is C14H18ClN3O2. The number of hydrogen-bond acceptors (Lipinski definition) is 4. The summed E-state index contributed by atoms with van der Waals surface area (Å²) in [4.78, 5) is 11.9. The molecule has 0 spiro atoms. The number of nitrogens with one attached hydrogen (secondary N) is 1. The van der Waals surface area contributed by atoms with Crippen molar-refractivity contribution in [2.24, 2.45) is 0 Å². The van der Waals surface area contributed by atoms with Gasteiger partial charge in [0.1, 0.15) is 16.6 Å². The van der Waals surface area contributed by atoms with Crippen molar-refractivity contribution in [1.29, 1.82) is 0 Å². The second-order valence-electron chi connectivity index (χ2n) is 5.14. The van der Waals surface area contributed by atoms with Gasteiger partial charge in [0.2, 0.25) is 0 Å². The van der Waals surface area contributed by atoms with E-state index in [1.54, 1.807) is 0 Å². The van der Waals surface area contributed by atoms with Gasteiger partial charge in [-0.15, -0.1) is 0 Å². The first-order valence-corrected chi connectivity index (χ1v) is 7.35. The monoisotopic (exact) mass is 295 g/mol. The minimum absolute atomic E-state index is 0.0747. The van der Waals surface area contributed by atoms with Gasteiger partial charge < -0.3 is 14.5 Å². The quantitative estimate of drug-likeness (QED) is 0.880. The minimum Gasteiger partial charge on any atom is -0.353 e. The topological polar surface area (TPSA) is 60.0 Å². The lowest BCUT2D eigenvalue weighted by Crippen LogP contribution is -2.24. The van der Waals surface area contributed by atoms with Crippen molar-refractivity contribution in [2.45, 2.75) is 38.4 Å². The number of aromatic amines is 1. The van der Waals surface area contributed by atoms with Crippen LogP contribution in [0.1, 0.15) is 37.9 Å². The van der Waals surface area contributed by atoms with E-state index < -0.39 is 0 Å². The molecule has 0 aliphatic carbocycles. The first-order chi connectivity index (χ1) is 9.74. The minimum atomic E-state index is -0.0871. The lowest BCUT2D eigenvalue weighted by atomic mass is 10.1. The zero-order chi connectivity index (χ0) is 13.9. The first kappa shape index (κ1) is 13.8. The Morgan fingerprint density at radius 3 is 3.20 bits per heavy atom. The number of nitrogens with zero attached hydrogens (tertiary/aromatic N) is 2. The third-order valence-electron chi connectivity index (χ3n) is 3.50. The number of H-pyrrole nitrogens is 1. The predicted molar refractivity (Wildman–Crippen MR) is 76.9 cm³/mol. The summed E-state index contributed by atoms with van der Waals surface area (Å²) in [7, 11) is 0. The summed E-state index contributed by atoms with van der Waals surface area (Å²) < 4.78 is 11.3. The predicted octanol–water partition coefficient (Wildman–Crippen LogP) is 3.26. The van der Waals surface area contributed by atoms with Gasteiger partial charge in [-0.3, -0.25) is 0 Å². The van der Waals surface area contributed by atoms with Gasteiger partial charge in [0, 0.05) is 18.7 Å². The average Bonchev–Trinajstić information content (AvgIpc) is 2.95. The molecule has 0 aromatic carbocycles. The van der Waals surface area contributed by atoms with E-state index in [0.29, 0.717) is 17.6 Å². The van der Waals surface area contributed by atoms with Crippen LogP contribution in [-0.4, -0.2) is 34.5 Å². The number of fused-ring (bicyclic) bond motifs is 1. The van der Waals surface area contributed by atoms with Crippen LogP contribution in [0.15, 0.2) is 12.3 Å². The van der Waals surface area contributed by atoms with Gasteiger partial charge >= 0.3 is 0 Å². The average molecular weight is 296 g/mol. The fourth-order valence-corrected chi connectivity index (χ4v) is 2.55. The van der Waals surface area contributed by atoms with Crippen LogP contribution in [0.4, 0.5) is 0 Å². The smallest absolute Gasteiger partial charge is 0.157 e. The van der Waals surface area contributed by atoms with E-state index in [1.165, 1.54) is 0 Å². The number of hydrogen-bond donors (Lipinski definition) is 1. The van der Waals surface area contributed by atoms with E-state index >= 15 is 0 Å². The fourth-order valence-electron chi connectivity index (χ4n) is 2.31. The van der Waals surface area contributed by atoms with Crippen molar-refractivity contribution in [2.75, 3.05) is 13.2 Å². The molecule has 2 atom stereocenters. The van der Waals surface area contributed by atoms with Crippen LogP contribution in [0.3, 0.4) is 0 Å². The molecule has 0 bridgehead atoms. The molecule has 1 fully saturated rings. The highest BCUT2D eigenvalue weighted by atomic mass is 35.5. The number of halogens is 1. The maximum atomic E-state index is 6.16. The molecule has 0 saturated carbocycles. The summed E-state index contributed by atoms with van der Waals surface area (Å²) in [5.41, 5.74) is 0.765. The molecule has 1 saturated heterocycles. The van der Waals surface area contributed by atoms with Crippen LogP contribution < -0.4 is 0 Å². The molecule has 20 heavy (non-hydrogen) atoms. The van der Waals surface area contributed by atoms with Crippen LogP contribution >= 0.6 is 11.6 Å². The van der Waals surface area contributed by atoms with Crippen LogP contribution in [0, 0.1) is 0 Å². The Bertz CT molecular complexity index is 581. The SMILES string of the molecule is C[C@@H](COC1CCCCO1)c1nc(Cl)c2cc[nH]c2n1. The van der Waals surface area contributed by atoms with Crippen molar-refractivity contribution in [3.8, 4) is 0 Å². The number of rotatable bonds is 4. The van der Waals surface area contributed by atoms with Crippen LogP contribution in [0.2, 0.25) is 5.15 Å². The molecule has 108 valence electrons. The Morgan fingerprint density at radius 2 is 2.40 bits per heavy atom. The van der Waals surface area contributed by atoms with Crippen molar-refractivity contribution < 1.29 is 9.47 Å². The lowest BCUT2D eigenvalue weighted by molar-refractivity contribution is -0.164. The second kappa shape index (κ2) is 6.08. The van der Waals surface area contributed by atoms with E-state index in [0.717, 1.165) is 36.9 Å². The van der Waals surface area contributed by atoms with Gasteiger partial charge in [0.25, 0.3) is 0 Å². The molecule has 1 unspecified atom stereocenters. The Hall–Kier alpha value is -1.17. The summed E-state index contributed by atoms with van der Waals surface area (Å²) in [6, 6.07) is 1.87. The molecule has 3 rings (SSSR count). The fraction of sp³-hybridized carbons (Fsp3) is 0.571. The summed E-state index contributed by atoms with van der Waals surface area (Å²) in [6.07, 6.45) is 4.97. The highest BCUT2D eigenvalue weighted by molar-refractivity contribution is 6.33. The first-order valence-electron chi connectivity index (χ1n) is 6.98. The molecular weight excluding hydrogens is 278 g/mol. The van der Waals surface area contributed by atoms with Gasteiger partial charge in [-0.05, 0) is 25.3 Å². The Kier molecular flexibility index (Phi) is 4.19. The highest BCUT2D eigenvalue weighted by Crippen LogP contribution is 2.23. The summed E-state index contributed by atoms with van der Waals surface area (Å²) in [5, 5.41) is 1.33. The molecule has 6 heteroatoms. The normalized spacial score (nSPS) is 21.2. The van der Waals surface area contributed by atoms with Crippen LogP contribution in [0.25, 0.3) is 11.0 Å². The lowest BCUT2D eigenvalue weighted by Gasteiger charge is -2.24. The van der Waals surface area contributed by atoms with Crippen molar-refractivity contribution in [3.05, 3.63) is 23.2 Å². The maximum absolute atomic E-state index is 6.16.